The summed E-state index contributed by atoms with van der Waals surface area (Å²) in [6, 6.07) is 8.13. The molecule has 72 valence electrons. The van der Waals surface area contributed by atoms with Gasteiger partial charge in [0.25, 0.3) is 0 Å². The number of aldehydes is 1. The van der Waals surface area contributed by atoms with E-state index in [1.165, 1.54) is 24.0 Å². The minimum Gasteiger partial charge on any atom is -0.299 e. The minimum atomic E-state index is 0.612. The molecule has 1 aromatic rings. The summed E-state index contributed by atoms with van der Waals surface area (Å²) in [4.78, 5) is 10.5. The lowest BCUT2D eigenvalue weighted by atomic mass is 10.0. The molecule has 1 fully saturated rings. The Hall–Kier alpha value is -0.890. The number of benzene rings is 1. The third-order valence-electron chi connectivity index (χ3n) is 2.44. The zero-order valence-corrected chi connectivity index (χ0v) is 9.33. The number of rotatable bonds is 3. The van der Waals surface area contributed by atoms with Crippen molar-refractivity contribution in [3.63, 3.8) is 0 Å². The van der Waals surface area contributed by atoms with Crippen LogP contribution in [0, 0.1) is 5.92 Å². The molecule has 0 unspecified atom stereocenters. The lowest BCUT2D eigenvalue weighted by Crippen LogP contribution is -1.87. The zero-order valence-electron chi connectivity index (χ0n) is 7.74. The van der Waals surface area contributed by atoms with Gasteiger partial charge in [-0.2, -0.15) is 0 Å². The van der Waals surface area contributed by atoms with Gasteiger partial charge in [-0.1, -0.05) is 28.1 Å². The summed E-state index contributed by atoms with van der Waals surface area (Å²) in [6.45, 7) is 0. The van der Waals surface area contributed by atoms with Crippen LogP contribution >= 0.6 is 15.9 Å². The summed E-state index contributed by atoms with van der Waals surface area (Å²) in [5.74, 6) is 0.612. The first-order valence-electron chi connectivity index (χ1n) is 4.72. The van der Waals surface area contributed by atoms with Crippen LogP contribution in [0.25, 0.3) is 5.57 Å². The van der Waals surface area contributed by atoms with E-state index in [-0.39, 0.29) is 0 Å². The monoisotopic (exact) mass is 250 g/mol. The second kappa shape index (κ2) is 4.09. The number of halogens is 1. The SMILES string of the molecule is O=C/C=C(\c1ccc(Br)cc1)C1CC1. The third kappa shape index (κ3) is 2.13. The molecule has 0 saturated heterocycles. The molecule has 2 heteroatoms. The van der Waals surface area contributed by atoms with Gasteiger partial charge in [0.05, 0.1) is 0 Å². The lowest BCUT2D eigenvalue weighted by Gasteiger charge is -2.04. The highest BCUT2D eigenvalue weighted by Gasteiger charge is 2.26. The van der Waals surface area contributed by atoms with E-state index in [4.69, 9.17) is 0 Å². The summed E-state index contributed by atoms with van der Waals surface area (Å²) in [5.41, 5.74) is 2.36. The first-order chi connectivity index (χ1) is 6.81. The Morgan fingerprint density at radius 2 is 1.93 bits per heavy atom. The fourth-order valence-corrected chi connectivity index (χ4v) is 1.84. The predicted octanol–water partition coefficient (Wildman–Crippen LogP) is 3.44. The molecule has 1 aliphatic carbocycles. The quantitative estimate of drug-likeness (QED) is 0.594. The number of hydrogen-bond donors (Lipinski definition) is 0. The van der Waals surface area contributed by atoms with Gasteiger partial charge in [-0.05, 0) is 48.1 Å². The molecule has 1 saturated carbocycles. The van der Waals surface area contributed by atoms with Crippen LogP contribution in [-0.4, -0.2) is 6.29 Å². The van der Waals surface area contributed by atoms with Gasteiger partial charge < -0.3 is 0 Å². The summed E-state index contributed by atoms with van der Waals surface area (Å²) in [5, 5.41) is 0. The Morgan fingerprint density at radius 3 is 2.43 bits per heavy atom. The molecule has 0 amide bonds. The van der Waals surface area contributed by atoms with Gasteiger partial charge in [0.15, 0.2) is 0 Å². The molecule has 0 heterocycles. The van der Waals surface area contributed by atoms with E-state index < -0.39 is 0 Å². The molecule has 0 aliphatic heterocycles. The molecular formula is C12H11BrO. The van der Waals surface area contributed by atoms with E-state index in [2.05, 4.69) is 28.1 Å². The fourth-order valence-electron chi connectivity index (χ4n) is 1.58. The molecule has 0 N–H and O–H groups in total. The first kappa shape index (κ1) is 9.66. The highest BCUT2D eigenvalue weighted by Crippen LogP contribution is 2.41. The number of carbonyl (C=O) groups excluding carboxylic acids is 1. The van der Waals surface area contributed by atoms with Gasteiger partial charge >= 0.3 is 0 Å². The van der Waals surface area contributed by atoms with Gasteiger partial charge in [0.1, 0.15) is 6.29 Å². The molecule has 0 radical (unpaired) electrons. The average molecular weight is 251 g/mol. The van der Waals surface area contributed by atoms with Crippen LogP contribution in [0.3, 0.4) is 0 Å². The predicted molar refractivity (Wildman–Crippen MR) is 60.9 cm³/mol. The maximum atomic E-state index is 10.5. The Labute approximate surface area is 92.0 Å². The van der Waals surface area contributed by atoms with Crippen LogP contribution in [0.2, 0.25) is 0 Å². The molecule has 0 spiro atoms. The molecular weight excluding hydrogens is 240 g/mol. The van der Waals surface area contributed by atoms with Gasteiger partial charge in [-0.15, -0.1) is 0 Å². The van der Waals surface area contributed by atoms with Crippen molar-refractivity contribution in [1.29, 1.82) is 0 Å². The van der Waals surface area contributed by atoms with Gasteiger partial charge in [-0.3, -0.25) is 4.79 Å². The van der Waals surface area contributed by atoms with Crippen molar-refractivity contribution in [3.05, 3.63) is 40.4 Å². The van der Waals surface area contributed by atoms with Crippen molar-refractivity contribution in [2.75, 3.05) is 0 Å². The second-order valence-electron chi connectivity index (χ2n) is 3.54. The van der Waals surface area contributed by atoms with Crippen LogP contribution < -0.4 is 0 Å². The molecule has 0 bridgehead atoms. The molecule has 2 rings (SSSR count). The Balaban J connectivity index is 2.30. The van der Waals surface area contributed by atoms with Crippen molar-refractivity contribution < 1.29 is 4.79 Å². The maximum Gasteiger partial charge on any atom is 0.143 e. The Morgan fingerprint density at radius 1 is 1.29 bits per heavy atom. The van der Waals surface area contributed by atoms with Crippen molar-refractivity contribution in [1.82, 2.24) is 0 Å². The van der Waals surface area contributed by atoms with Crippen LogP contribution in [0.15, 0.2) is 34.8 Å². The first-order valence-corrected chi connectivity index (χ1v) is 5.52. The van der Waals surface area contributed by atoms with Gasteiger partial charge in [0, 0.05) is 4.47 Å². The minimum absolute atomic E-state index is 0.612. The van der Waals surface area contributed by atoms with E-state index in [1.54, 1.807) is 6.08 Å². The Kier molecular flexibility index (Phi) is 2.82. The van der Waals surface area contributed by atoms with Crippen molar-refractivity contribution in [2.45, 2.75) is 12.8 Å². The summed E-state index contributed by atoms with van der Waals surface area (Å²) in [7, 11) is 0. The highest BCUT2D eigenvalue weighted by molar-refractivity contribution is 9.10. The van der Waals surface area contributed by atoms with E-state index in [0.29, 0.717) is 5.92 Å². The topological polar surface area (TPSA) is 17.1 Å². The number of allylic oxidation sites excluding steroid dienone is 2. The average Bonchev–Trinajstić information content (AvgIpc) is 2.99. The van der Waals surface area contributed by atoms with Crippen LogP contribution in [0.5, 0.6) is 0 Å². The van der Waals surface area contributed by atoms with E-state index in [1.807, 2.05) is 12.1 Å². The molecule has 14 heavy (non-hydrogen) atoms. The lowest BCUT2D eigenvalue weighted by molar-refractivity contribution is -0.104. The second-order valence-corrected chi connectivity index (χ2v) is 4.45. The molecule has 1 aliphatic rings. The number of hydrogen-bond acceptors (Lipinski definition) is 1. The van der Waals surface area contributed by atoms with Crippen LogP contribution in [0.4, 0.5) is 0 Å². The summed E-state index contributed by atoms with van der Waals surface area (Å²) >= 11 is 3.40. The molecule has 1 aromatic carbocycles. The largest absolute Gasteiger partial charge is 0.299 e. The van der Waals surface area contributed by atoms with Gasteiger partial charge in [0.2, 0.25) is 0 Å². The third-order valence-corrected chi connectivity index (χ3v) is 2.97. The van der Waals surface area contributed by atoms with E-state index in [9.17, 15) is 4.79 Å². The summed E-state index contributed by atoms with van der Waals surface area (Å²) < 4.78 is 1.07. The summed E-state index contributed by atoms with van der Waals surface area (Å²) in [6.07, 6.45) is 5.02. The van der Waals surface area contributed by atoms with Crippen LogP contribution in [0.1, 0.15) is 18.4 Å². The van der Waals surface area contributed by atoms with Crippen molar-refractivity contribution in [2.24, 2.45) is 5.92 Å². The molecule has 1 nitrogen and oxygen atoms in total. The zero-order chi connectivity index (χ0) is 9.97. The van der Waals surface area contributed by atoms with Crippen molar-refractivity contribution >= 4 is 27.8 Å². The number of carbonyl (C=O) groups is 1. The van der Waals surface area contributed by atoms with E-state index >= 15 is 0 Å². The maximum absolute atomic E-state index is 10.5. The molecule has 0 aromatic heterocycles. The standard InChI is InChI=1S/C12H11BrO/c13-11-5-3-10(4-6-11)12(7-8-14)9-1-2-9/h3-9H,1-2H2/b12-7-. The molecule has 0 atom stereocenters. The highest BCUT2D eigenvalue weighted by atomic mass is 79.9. The Bertz CT molecular complexity index is 360. The van der Waals surface area contributed by atoms with Gasteiger partial charge in [-0.25, -0.2) is 0 Å². The van der Waals surface area contributed by atoms with E-state index in [0.717, 1.165) is 10.8 Å². The normalized spacial score (nSPS) is 16.8. The van der Waals surface area contributed by atoms with Crippen LogP contribution in [-0.2, 0) is 4.79 Å². The fraction of sp³-hybridized carbons (Fsp3) is 0.250. The van der Waals surface area contributed by atoms with Crippen molar-refractivity contribution in [3.8, 4) is 0 Å². The smallest absolute Gasteiger partial charge is 0.143 e.